The number of nitrogens with zero attached hydrogens (tertiary/aromatic N) is 2. The zero-order valence-corrected chi connectivity index (χ0v) is 22.6. The number of ether oxygens (including phenoxy) is 3. The molecule has 1 aliphatic rings. The van der Waals surface area contributed by atoms with Crippen LogP contribution in [0.4, 0.5) is 11.4 Å². The van der Waals surface area contributed by atoms with Crippen LogP contribution < -0.4 is 19.7 Å². The van der Waals surface area contributed by atoms with Crippen molar-refractivity contribution in [2.75, 3.05) is 57.2 Å². The van der Waals surface area contributed by atoms with Crippen molar-refractivity contribution >= 4 is 45.8 Å². The Hall–Kier alpha value is -3.43. The van der Waals surface area contributed by atoms with E-state index < -0.39 is 12.0 Å². The Bertz CT molecular complexity index is 1300. The van der Waals surface area contributed by atoms with Gasteiger partial charge in [-0.3, -0.25) is 9.69 Å². The van der Waals surface area contributed by atoms with Crippen molar-refractivity contribution in [1.82, 2.24) is 9.88 Å². The molecule has 1 amide bonds. The number of anilines is 2. The zero-order chi connectivity index (χ0) is 26.7. The van der Waals surface area contributed by atoms with E-state index in [0.29, 0.717) is 46.2 Å². The molecular formula is C27H33ClN4O5. The first-order chi connectivity index (χ1) is 17.8. The van der Waals surface area contributed by atoms with E-state index >= 15 is 0 Å². The number of benzene rings is 2. The van der Waals surface area contributed by atoms with Gasteiger partial charge in [0.2, 0.25) is 5.91 Å². The van der Waals surface area contributed by atoms with Crippen molar-refractivity contribution in [2.24, 2.45) is 0 Å². The molecule has 0 bridgehead atoms. The van der Waals surface area contributed by atoms with Crippen molar-refractivity contribution in [3.63, 3.8) is 0 Å². The maximum Gasteiger partial charge on any atom is 0.356 e. The lowest BCUT2D eigenvalue weighted by Crippen LogP contribution is -2.53. The van der Waals surface area contributed by atoms with Crippen LogP contribution in [-0.2, 0) is 9.53 Å². The fourth-order valence-electron chi connectivity index (χ4n) is 4.67. The second-order valence-electron chi connectivity index (χ2n) is 8.97. The summed E-state index contributed by atoms with van der Waals surface area (Å²) in [5.41, 5.74) is 3.44. The van der Waals surface area contributed by atoms with Gasteiger partial charge in [0.05, 0.1) is 38.1 Å². The largest absolute Gasteiger partial charge is 0.493 e. The quantitative estimate of drug-likeness (QED) is 0.416. The molecule has 10 heteroatoms. The highest BCUT2D eigenvalue weighted by atomic mass is 35.5. The molecule has 1 aliphatic heterocycles. The number of carbonyl (C=O) groups is 2. The molecule has 0 unspecified atom stereocenters. The molecule has 0 spiro atoms. The van der Waals surface area contributed by atoms with Crippen molar-refractivity contribution < 1.29 is 23.8 Å². The number of halogens is 1. The number of aromatic nitrogens is 1. The average Bonchev–Trinajstić information content (AvgIpc) is 3.26. The highest BCUT2D eigenvalue weighted by Crippen LogP contribution is 2.37. The van der Waals surface area contributed by atoms with Crippen LogP contribution in [-0.4, -0.2) is 74.8 Å². The summed E-state index contributed by atoms with van der Waals surface area (Å²) >= 11 is 6.22. The summed E-state index contributed by atoms with van der Waals surface area (Å²) in [5, 5.41) is 4.31. The van der Waals surface area contributed by atoms with Gasteiger partial charge in [-0.15, -0.1) is 0 Å². The van der Waals surface area contributed by atoms with Crippen LogP contribution in [0.3, 0.4) is 0 Å². The Kier molecular flexibility index (Phi) is 8.14. The predicted molar refractivity (Wildman–Crippen MR) is 145 cm³/mol. The molecule has 198 valence electrons. The van der Waals surface area contributed by atoms with Gasteiger partial charge in [-0.1, -0.05) is 17.7 Å². The summed E-state index contributed by atoms with van der Waals surface area (Å²) in [6.45, 7) is 8.86. The smallest absolute Gasteiger partial charge is 0.356 e. The molecule has 1 aromatic heterocycles. The molecule has 2 heterocycles. The Labute approximate surface area is 221 Å². The van der Waals surface area contributed by atoms with Gasteiger partial charge in [-0.05, 0) is 44.5 Å². The lowest BCUT2D eigenvalue weighted by Gasteiger charge is -2.39. The van der Waals surface area contributed by atoms with Gasteiger partial charge < -0.3 is 29.4 Å². The zero-order valence-electron chi connectivity index (χ0n) is 21.8. The number of nitrogens with one attached hydrogen (secondary N) is 2. The van der Waals surface area contributed by atoms with Crippen molar-refractivity contribution in [3.8, 4) is 11.5 Å². The molecule has 0 aliphatic carbocycles. The third kappa shape index (κ3) is 5.47. The van der Waals surface area contributed by atoms with Crippen molar-refractivity contribution in [3.05, 3.63) is 46.6 Å². The lowest BCUT2D eigenvalue weighted by atomic mass is 10.1. The second kappa shape index (κ2) is 11.3. The number of carbonyl (C=O) groups excluding carboxylic acids is 2. The number of esters is 1. The van der Waals surface area contributed by atoms with Crippen molar-refractivity contribution in [1.29, 1.82) is 0 Å². The lowest BCUT2D eigenvalue weighted by molar-refractivity contribution is -0.120. The molecule has 1 saturated heterocycles. The number of amides is 1. The van der Waals surface area contributed by atoms with Gasteiger partial charge in [0, 0.05) is 48.3 Å². The van der Waals surface area contributed by atoms with Gasteiger partial charge in [0.15, 0.2) is 11.5 Å². The third-order valence-electron chi connectivity index (χ3n) is 6.78. The topological polar surface area (TPSA) is 96.1 Å². The first kappa shape index (κ1) is 26.6. The van der Waals surface area contributed by atoms with Gasteiger partial charge in [-0.2, -0.15) is 0 Å². The monoisotopic (exact) mass is 528 g/mol. The highest BCUT2D eigenvalue weighted by molar-refractivity contribution is 6.30. The number of methoxy groups -OCH3 is 2. The molecule has 1 fully saturated rings. The Morgan fingerprint density at radius 2 is 1.76 bits per heavy atom. The fraction of sp³-hybridized carbons (Fsp3) is 0.407. The van der Waals surface area contributed by atoms with E-state index in [-0.39, 0.29) is 18.2 Å². The number of hydrogen-bond donors (Lipinski definition) is 2. The van der Waals surface area contributed by atoms with Crippen LogP contribution in [0, 0.1) is 6.92 Å². The summed E-state index contributed by atoms with van der Waals surface area (Å²) < 4.78 is 16.1. The van der Waals surface area contributed by atoms with E-state index in [0.717, 1.165) is 18.8 Å². The molecule has 37 heavy (non-hydrogen) atoms. The Morgan fingerprint density at radius 1 is 1.08 bits per heavy atom. The molecule has 1 atom stereocenters. The minimum absolute atomic E-state index is 0.175. The van der Waals surface area contributed by atoms with E-state index in [1.807, 2.05) is 25.1 Å². The maximum atomic E-state index is 13.4. The SMILES string of the molecule is CCOC(=O)c1[nH]c2cc(OC)c(OC)cc2c1NC(=O)[C@@H](C)N1CCN(c2cc(Cl)ccc2C)CC1. The van der Waals surface area contributed by atoms with Gasteiger partial charge >= 0.3 is 5.97 Å². The third-order valence-corrected chi connectivity index (χ3v) is 7.02. The summed E-state index contributed by atoms with van der Waals surface area (Å²) in [6, 6.07) is 8.95. The molecule has 9 nitrogen and oxygen atoms in total. The molecule has 3 aromatic rings. The van der Waals surface area contributed by atoms with Gasteiger partial charge in [0.25, 0.3) is 0 Å². The minimum Gasteiger partial charge on any atom is -0.493 e. The summed E-state index contributed by atoms with van der Waals surface area (Å²) in [5.74, 6) is 0.227. The Balaban J connectivity index is 1.54. The number of H-pyrrole nitrogens is 1. The molecular weight excluding hydrogens is 496 g/mol. The normalized spacial score (nSPS) is 14.9. The van der Waals surface area contributed by atoms with Gasteiger partial charge in [0.1, 0.15) is 5.69 Å². The number of rotatable bonds is 8. The summed E-state index contributed by atoms with van der Waals surface area (Å²) in [4.78, 5) is 33.6. The average molecular weight is 529 g/mol. The minimum atomic E-state index is -0.551. The second-order valence-corrected chi connectivity index (χ2v) is 9.40. The van der Waals surface area contributed by atoms with Crippen LogP contribution in [0.2, 0.25) is 5.02 Å². The number of aryl methyl sites for hydroxylation is 1. The molecule has 4 rings (SSSR count). The highest BCUT2D eigenvalue weighted by Gasteiger charge is 2.29. The van der Waals surface area contributed by atoms with Crippen molar-refractivity contribution in [2.45, 2.75) is 26.8 Å². The molecule has 2 N–H and O–H groups in total. The Morgan fingerprint density at radius 3 is 2.41 bits per heavy atom. The fourth-order valence-corrected chi connectivity index (χ4v) is 4.84. The van der Waals surface area contributed by atoms with E-state index in [9.17, 15) is 9.59 Å². The van der Waals surface area contributed by atoms with Gasteiger partial charge in [-0.25, -0.2) is 4.79 Å². The first-order valence-electron chi connectivity index (χ1n) is 12.3. The van der Waals surface area contributed by atoms with E-state index in [1.165, 1.54) is 19.8 Å². The number of hydrogen-bond acceptors (Lipinski definition) is 7. The number of piperazine rings is 1. The van der Waals surface area contributed by atoms with E-state index in [4.69, 9.17) is 25.8 Å². The van der Waals surface area contributed by atoms with Crippen LogP contribution in [0.5, 0.6) is 11.5 Å². The number of fused-ring (bicyclic) bond motifs is 1. The molecule has 2 aromatic carbocycles. The van der Waals surface area contributed by atoms with Crippen LogP contribution in [0.1, 0.15) is 29.9 Å². The van der Waals surface area contributed by atoms with E-state index in [2.05, 4.69) is 27.0 Å². The van der Waals surface area contributed by atoms with Crippen LogP contribution >= 0.6 is 11.6 Å². The summed E-state index contributed by atoms with van der Waals surface area (Å²) in [7, 11) is 3.07. The first-order valence-corrected chi connectivity index (χ1v) is 12.7. The maximum absolute atomic E-state index is 13.4. The summed E-state index contributed by atoms with van der Waals surface area (Å²) in [6.07, 6.45) is 0. The van der Waals surface area contributed by atoms with Crippen LogP contribution in [0.25, 0.3) is 10.9 Å². The predicted octanol–water partition coefficient (Wildman–Crippen LogP) is 4.47. The molecule has 0 radical (unpaired) electrons. The van der Waals surface area contributed by atoms with Crippen LogP contribution in [0.15, 0.2) is 30.3 Å². The number of aromatic amines is 1. The molecule has 0 saturated carbocycles. The van der Waals surface area contributed by atoms with E-state index in [1.54, 1.807) is 19.1 Å². The standard InChI is InChI=1S/C27H33ClN4O5/c1-6-37-27(34)25-24(19-14-22(35-4)23(36-5)15-20(19)29-25)30-26(33)17(3)31-9-11-32(12-10-31)21-13-18(28)8-7-16(21)2/h7-8,13-15,17,29H,6,9-12H2,1-5H3,(H,30,33)/t17-/m1/s1.